The van der Waals surface area contributed by atoms with Crippen LogP contribution in [-0.2, 0) is 15.8 Å². The molecule has 4 rings (SSSR count). The number of carbonyl (C=O) groups is 2. The largest absolute Gasteiger partial charge is 0.416 e. The number of likely N-dealkylation sites (tertiary alicyclic amines) is 1. The lowest BCUT2D eigenvalue weighted by atomic mass is 9.94. The van der Waals surface area contributed by atoms with Crippen molar-refractivity contribution in [3.8, 4) is 0 Å². The van der Waals surface area contributed by atoms with E-state index in [9.17, 15) is 22.8 Å². The second-order valence-electron chi connectivity index (χ2n) is 8.60. The maximum absolute atomic E-state index is 13.0. The van der Waals surface area contributed by atoms with Gasteiger partial charge in [-0.2, -0.15) is 13.2 Å². The van der Waals surface area contributed by atoms with Crippen LogP contribution >= 0.6 is 0 Å². The summed E-state index contributed by atoms with van der Waals surface area (Å²) in [6.07, 6.45) is 1.48. The fourth-order valence-electron chi connectivity index (χ4n) is 4.96. The van der Waals surface area contributed by atoms with Crippen molar-refractivity contribution in [2.45, 2.75) is 50.7 Å². The summed E-state index contributed by atoms with van der Waals surface area (Å²) in [5.41, 5.74) is -0.137. The molecule has 1 aromatic carbocycles. The number of amides is 2. The highest BCUT2D eigenvalue weighted by molar-refractivity contribution is 5.89. The minimum atomic E-state index is -4.37. The molecule has 8 heteroatoms. The van der Waals surface area contributed by atoms with Crippen LogP contribution in [0.2, 0.25) is 0 Å². The number of hydrogen-bond acceptors (Lipinski definition) is 3. The number of nitrogens with zero attached hydrogens (tertiary/aromatic N) is 3. The van der Waals surface area contributed by atoms with Gasteiger partial charge in [-0.1, -0.05) is 25.3 Å². The van der Waals surface area contributed by atoms with E-state index < -0.39 is 11.7 Å². The zero-order valence-electron chi connectivity index (χ0n) is 17.0. The van der Waals surface area contributed by atoms with E-state index in [1.54, 1.807) is 11.0 Å². The second-order valence-corrected chi connectivity index (χ2v) is 8.60. The maximum Gasteiger partial charge on any atom is 0.416 e. The van der Waals surface area contributed by atoms with Crippen LogP contribution in [0.4, 0.5) is 18.9 Å². The molecule has 30 heavy (non-hydrogen) atoms. The average molecular weight is 423 g/mol. The zero-order valence-corrected chi connectivity index (χ0v) is 17.0. The number of halogens is 3. The van der Waals surface area contributed by atoms with E-state index >= 15 is 0 Å². The van der Waals surface area contributed by atoms with Crippen LogP contribution < -0.4 is 4.90 Å². The van der Waals surface area contributed by atoms with E-state index in [0.717, 1.165) is 37.8 Å². The molecule has 2 saturated heterocycles. The smallest absolute Gasteiger partial charge is 0.368 e. The fraction of sp³-hybridized carbons (Fsp3) is 0.636. The Bertz CT molecular complexity index is 784. The first-order valence-electron chi connectivity index (χ1n) is 10.8. The van der Waals surface area contributed by atoms with Gasteiger partial charge >= 0.3 is 6.18 Å². The first kappa shape index (κ1) is 21.0. The van der Waals surface area contributed by atoms with Crippen molar-refractivity contribution in [3.05, 3.63) is 29.8 Å². The van der Waals surface area contributed by atoms with Gasteiger partial charge in [0, 0.05) is 50.9 Å². The van der Waals surface area contributed by atoms with Gasteiger partial charge in [-0.25, -0.2) is 0 Å². The monoisotopic (exact) mass is 423 g/mol. The molecule has 0 radical (unpaired) electrons. The SMILES string of the molecule is O=C([C@H]1CC(=O)N(C2CCCCC2)C1)N1CCN(c2cccc(C(F)(F)F)c2)CC1. The van der Waals surface area contributed by atoms with Crippen molar-refractivity contribution in [1.82, 2.24) is 9.80 Å². The number of hydrogen-bond donors (Lipinski definition) is 0. The van der Waals surface area contributed by atoms with Crippen LogP contribution in [0.3, 0.4) is 0 Å². The van der Waals surface area contributed by atoms with Gasteiger partial charge in [0.2, 0.25) is 11.8 Å². The standard InChI is InChI=1S/C22H28F3N3O2/c23-22(24,25)17-5-4-8-19(14-17)26-9-11-27(12-10-26)21(30)16-13-20(29)28(15-16)18-6-2-1-3-7-18/h4-5,8,14,16,18H,1-3,6-7,9-13,15H2/t16-/m0/s1. The number of anilines is 1. The summed E-state index contributed by atoms with van der Waals surface area (Å²) in [7, 11) is 0. The van der Waals surface area contributed by atoms with Crippen molar-refractivity contribution >= 4 is 17.5 Å². The molecule has 3 aliphatic rings. The first-order valence-corrected chi connectivity index (χ1v) is 10.8. The quantitative estimate of drug-likeness (QED) is 0.747. The highest BCUT2D eigenvalue weighted by Gasteiger charge is 2.40. The Labute approximate surface area is 174 Å². The molecule has 0 bridgehead atoms. The van der Waals surface area contributed by atoms with Crippen molar-refractivity contribution < 1.29 is 22.8 Å². The predicted octanol–water partition coefficient (Wildman–Crippen LogP) is 3.54. The van der Waals surface area contributed by atoms with E-state index in [0.29, 0.717) is 38.4 Å². The average Bonchev–Trinajstić information content (AvgIpc) is 3.15. The van der Waals surface area contributed by atoms with Gasteiger partial charge in [0.25, 0.3) is 0 Å². The Morgan fingerprint density at radius 1 is 1.00 bits per heavy atom. The lowest BCUT2D eigenvalue weighted by molar-refractivity contribution is -0.137. The molecule has 0 spiro atoms. The van der Waals surface area contributed by atoms with Crippen LogP contribution in [0.15, 0.2) is 24.3 Å². The lowest BCUT2D eigenvalue weighted by Gasteiger charge is -2.37. The molecule has 1 aromatic rings. The third kappa shape index (κ3) is 4.42. The van der Waals surface area contributed by atoms with Crippen LogP contribution in [0.5, 0.6) is 0 Å². The Morgan fingerprint density at radius 2 is 1.70 bits per heavy atom. The predicted molar refractivity (Wildman–Crippen MR) is 107 cm³/mol. The summed E-state index contributed by atoms with van der Waals surface area (Å²) in [6, 6.07) is 5.60. The first-order chi connectivity index (χ1) is 14.3. The Morgan fingerprint density at radius 3 is 2.37 bits per heavy atom. The highest BCUT2D eigenvalue weighted by Crippen LogP contribution is 2.32. The van der Waals surface area contributed by atoms with Crippen LogP contribution in [-0.4, -0.2) is 60.4 Å². The Hall–Kier alpha value is -2.25. The number of benzene rings is 1. The summed E-state index contributed by atoms with van der Waals surface area (Å²) in [4.78, 5) is 31.0. The van der Waals surface area contributed by atoms with Gasteiger partial charge in [0.15, 0.2) is 0 Å². The second kappa shape index (κ2) is 8.47. The molecule has 2 aliphatic heterocycles. The minimum absolute atomic E-state index is 0.00496. The van der Waals surface area contributed by atoms with Crippen molar-refractivity contribution in [1.29, 1.82) is 0 Å². The van der Waals surface area contributed by atoms with Crippen LogP contribution in [0, 0.1) is 5.92 Å². The van der Waals surface area contributed by atoms with Crippen molar-refractivity contribution in [3.63, 3.8) is 0 Å². The molecule has 1 atom stereocenters. The maximum atomic E-state index is 13.0. The van der Waals surface area contributed by atoms with E-state index in [1.807, 2.05) is 9.80 Å². The van der Waals surface area contributed by atoms with Crippen molar-refractivity contribution in [2.75, 3.05) is 37.6 Å². The molecular formula is C22H28F3N3O2. The summed E-state index contributed by atoms with van der Waals surface area (Å²) >= 11 is 0. The fourth-order valence-corrected chi connectivity index (χ4v) is 4.96. The van der Waals surface area contributed by atoms with Gasteiger partial charge in [0.1, 0.15) is 0 Å². The van der Waals surface area contributed by atoms with E-state index in [1.165, 1.54) is 12.5 Å². The molecular weight excluding hydrogens is 395 g/mol. The summed E-state index contributed by atoms with van der Waals surface area (Å²) in [5.74, 6) is -0.201. The van der Waals surface area contributed by atoms with Gasteiger partial charge in [-0.05, 0) is 31.0 Å². The third-order valence-corrected chi connectivity index (χ3v) is 6.65. The third-order valence-electron chi connectivity index (χ3n) is 6.65. The van der Waals surface area contributed by atoms with Crippen molar-refractivity contribution in [2.24, 2.45) is 5.92 Å². The molecule has 2 heterocycles. The van der Waals surface area contributed by atoms with E-state index in [-0.39, 0.29) is 30.2 Å². The van der Waals surface area contributed by atoms with Gasteiger partial charge in [-0.3, -0.25) is 9.59 Å². The van der Waals surface area contributed by atoms with Crippen LogP contribution in [0.25, 0.3) is 0 Å². The molecule has 2 amide bonds. The number of piperazine rings is 1. The molecule has 1 aliphatic carbocycles. The molecule has 3 fully saturated rings. The number of alkyl halides is 3. The molecule has 164 valence electrons. The van der Waals surface area contributed by atoms with Crippen LogP contribution in [0.1, 0.15) is 44.1 Å². The summed E-state index contributed by atoms with van der Waals surface area (Å²) in [5, 5.41) is 0. The number of rotatable bonds is 3. The Balaban J connectivity index is 1.33. The van der Waals surface area contributed by atoms with Gasteiger partial charge in [0.05, 0.1) is 11.5 Å². The Kier molecular flexibility index (Phi) is 5.93. The lowest BCUT2D eigenvalue weighted by Crippen LogP contribution is -2.51. The number of carbonyl (C=O) groups excluding carboxylic acids is 2. The van der Waals surface area contributed by atoms with Gasteiger partial charge in [-0.15, -0.1) is 0 Å². The van der Waals surface area contributed by atoms with Gasteiger partial charge < -0.3 is 14.7 Å². The zero-order chi connectivity index (χ0) is 21.3. The van der Waals surface area contributed by atoms with E-state index in [2.05, 4.69) is 0 Å². The topological polar surface area (TPSA) is 43.9 Å². The molecule has 1 saturated carbocycles. The highest BCUT2D eigenvalue weighted by atomic mass is 19.4. The van der Waals surface area contributed by atoms with E-state index in [4.69, 9.17) is 0 Å². The normalized spacial score (nSPS) is 23.9. The molecule has 5 nitrogen and oxygen atoms in total. The minimum Gasteiger partial charge on any atom is -0.368 e. The molecule has 0 unspecified atom stereocenters. The summed E-state index contributed by atoms with van der Waals surface area (Å²) in [6.45, 7) is 2.41. The molecule has 0 aromatic heterocycles. The molecule has 0 N–H and O–H groups in total. The summed E-state index contributed by atoms with van der Waals surface area (Å²) < 4.78 is 38.9.